The van der Waals surface area contributed by atoms with Gasteiger partial charge in [0.15, 0.2) is 0 Å². The van der Waals surface area contributed by atoms with E-state index in [2.05, 4.69) is 5.32 Å². The summed E-state index contributed by atoms with van der Waals surface area (Å²) >= 11 is 0. The maximum Gasteiger partial charge on any atom is 0.295 e. The fourth-order valence-electron chi connectivity index (χ4n) is 1.13. The molecule has 17 heavy (non-hydrogen) atoms. The minimum atomic E-state index is -0.703. The van der Waals surface area contributed by atoms with E-state index in [4.69, 9.17) is 0 Å². The van der Waals surface area contributed by atoms with Crippen molar-refractivity contribution in [2.45, 2.75) is 0 Å². The smallest absolute Gasteiger partial charge is 0.295 e. The van der Waals surface area contributed by atoms with E-state index in [1.807, 2.05) is 0 Å². The SMILES string of the molecule is CN(C)C(=O)CNc1ccc(F)cc1[N+](=O)[O-]. The van der Waals surface area contributed by atoms with E-state index in [1.165, 1.54) is 11.0 Å². The molecule has 1 N–H and O–H groups in total. The van der Waals surface area contributed by atoms with Crippen molar-refractivity contribution in [2.75, 3.05) is 26.0 Å². The molecule has 0 aliphatic carbocycles. The third kappa shape index (κ3) is 3.40. The lowest BCUT2D eigenvalue weighted by Gasteiger charge is -2.11. The molecule has 0 radical (unpaired) electrons. The second-order valence-electron chi connectivity index (χ2n) is 3.56. The molecule has 0 spiro atoms. The maximum atomic E-state index is 12.8. The summed E-state index contributed by atoms with van der Waals surface area (Å²) in [4.78, 5) is 22.6. The van der Waals surface area contributed by atoms with Gasteiger partial charge >= 0.3 is 0 Å². The van der Waals surface area contributed by atoms with Gasteiger partial charge in [0.2, 0.25) is 5.91 Å². The number of nitro groups is 1. The molecule has 7 heteroatoms. The predicted molar refractivity (Wildman–Crippen MR) is 60.2 cm³/mol. The Morgan fingerprint density at radius 2 is 2.18 bits per heavy atom. The van der Waals surface area contributed by atoms with Gasteiger partial charge in [0.05, 0.1) is 17.5 Å². The van der Waals surface area contributed by atoms with Crippen molar-refractivity contribution in [3.05, 3.63) is 34.1 Å². The zero-order valence-corrected chi connectivity index (χ0v) is 9.44. The fraction of sp³-hybridized carbons (Fsp3) is 0.300. The fourth-order valence-corrected chi connectivity index (χ4v) is 1.13. The lowest BCUT2D eigenvalue weighted by atomic mass is 10.2. The zero-order valence-electron chi connectivity index (χ0n) is 9.44. The van der Waals surface area contributed by atoms with Crippen molar-refractivity contribution in [1.29, 1.82) is 0 Å². The predicted octanol–water partition coefficient (Wildman–Crippen LogP) is 1.23. The van der Waals surface area contributed by atoms with Crippen LogP contribution < -0.4 is 5.32 Å². The number of halogens is 1. The Morgan fingerprint density at radius 1 is 1.53 bits per heavy atom. The molecule has 0 atom stereocenters. The largest absolute Gasteiger partial charge is 0.371 e. The monoisotopic (exact) mass is 241 g/mol. The number of hydrogen-bond donors (Lipinski definition) is 1. The third-order valence-corrected chi connectivity index (χ3v) is 2.09. The van der Waals surface area contributed by atoms with Crippen molar-refractivity contribution >= 4 is 17.3 Å². The molecule has 0 saturated heterocycles. The normalized spacial score (nSPS) is 9.82. The summed E-state index contributed by atoms with van der Waals surface area (Å²) in [7, 11) is 3.15. The van der Waals surface area contributed by atoms with E-state index < -0.39 is 16.4 Å². The second kappa shape index (κ2) is 5.24. The molecular weight excluding hydrogens is 229 g/mol. The molecule has 92 valence electrons. The molecular formula is C10H12FN3O3. The molecule has 0 fully saturated rings. The van der Waals surface area contributed by atoms with Crippen molar-refractivity contribution < 1.29 is 14.1 Å². The summed E-state index contributed by atoms with van der Waals surface area (Å²) in [5.41, 5.74) is -0.275. The summed E-state index contributed by atoms with van der Waals surface area (Å²) in [6.45, 7) is -0.0839. The molecule has 1 amide bonds. The third-order valence-electron chi connectivity index (χ3n) is 2.09. The first-order chi connectivity index (χ1) is 7.91. The standard InChI is InChI=1S/C10H12FN3O3/c1-13(2)10(15)6-12-8-4-3-7(11)5-9(8)14(16)17/h3-5,12H,6H2,1-2H3. The highest BCUT2D eigenvalue weighted by Crippen LogP contribution is 2.24. The number of amides is 1. The average Bonchev–Trinajstić information content (AvgIpc) is 2.26. The van der Waals surface area contributed by atoms with Crippen molar-refractivity contribution in [2.24, 2.45) is 0 Å². The summed E-state index contributed by atoms with van der Waals surface area (Å²) in [6, 6.07) is 3.13. The van der Waals surface area contributed by atoms with Gasteiger partial charge in [-0.25, -0.2) is 4.39 Å². The van der Waals surface area contributed by atoms with Crippen LogP contribution in [0.25, 0.3) is 0 Å². The number of hydrogen-bond acceptors (Lipinski definition) is 4. The quantitative estimate of drug-likeness (QED) is 0.635. The molecule has 1 rings (SSSR count). The molecule has 0 aromatic heterocycles. The van der Waals surface area contributed by atoms with E-state index in [9.17, 15) is 19.3 Å². The van der Waals surface area contributed by atoms with E-state index in [0.717, 1.165) is 12.1 Å². The van der Waals surface area contributed by atoms with E-state index >= 15 is 0 Å². The molecule has 0 aliphatic heterocycles. The van der Waals surface area contributed by atoms with Gasteiger partial charge in [0.1, 0.15) is 11.5 Å². The number of carbonyl (C=O) groups excluding carboxylic acids is 1. The van der Waals surface area contributed by atoms with Crippen LogP contribution in [0.3, 0.4) is 0 Å². The highest BCUT2D eigenvalue weighted by Gasteiger charge is 2.15. The number of nitrogens with one attached hydrogen (secondary N) is 1. The highest BCUT2D eigenvalue weighted by molar-refractivity contribution is 5.81. The Hall–Kier alpha value is -2.18. The minimum Gasteiger partial charge on any atom is -0.371 e. The number of rotatable bonds is 4. The van der Waals surface area contributed by atoms with E-state index in [0.29, 0.717) is 0 Å². The lowest BCUT2D eigenvalue weighted by Crippen LogP contribution is -2.28. The van der Waals surface area contributed by atoms with Crippen LogP contribution in [-0.4, -0.2) is 36.4 Å². The summed E-state index contributed by atoms with van der Waals surface area (Å²) in [5, 5.41) is 13.3. The van der Waals surface area contributed by atoms with Crippen LogP contribution in [0.5, 0.6) is 0 Å². The van der Waals surface area contributed by atoms with Gasteiger partial charge in [0, 0.05) is 14.1 Å². The average molecular weight is 241 g/mol. The first-order valence-electron chi connectivity index (χ1n) is 4.80. The molecule has 1 aromatic rings. The van der Waals surface area contributed by atoms with Crippen LogP contribution in [0, 0.1) is 15.9 Å². The van der Waals surface area contributed by atoms with Crippen LogP contribution in [0.15, 0.2) is 18.2 Å². The van der Waals surface area contributed by atoms with Gasteiger partial charge in [-0.05, 0) is 12.1 Å². The van der Waals surface area contributed by atoms with Gasteiger partial charge in [-0.2, -0.15) is 0 Å². The number of benzene rings is 1. The topological polar surface area (TPSA) is 75.5 Å². The van der Waals surface area contributed by atoms with Crippen LogP contribution in [0.1, 0.15) is 0 Å². The van der Waals surface area contributed by atoms with Crippen LogP contribution in [-0.2, 0) is 4.79 Å². The number of nitro benzene ring substituents is 1. The minimum absolute atomic E-state index is 0.0839. The van der Waals surface area contributed by atoms with E-state index in [1.54, 1.807) is 14.1 Å². The van der Waals surface area contributed by atoms with Crippen molar-refractivity contribution in [3.63, 3.8) is 0 Å². The van der Waals surface area contributed by atoms with Crippen molar-refractivity contribution in [1.82, 2.24) is 4.90 Å². The Morgan fingerprint density at radius 3 is 2.71 bits per heavy atom. The second-order valence-corrected chi connectivity index (χ2v) is 3.56. The molecule has 0 heterocycles. The van der Waals surface area contributed by atoms with Gasteiger partial charge < -0.3 is 10.2 Å². The summed E-state index contributed by atoms with van der Waals surface area (Å²) in [6.07, 6.45) is 0. The van der Waals surface area contributed by atoms with Crippen LogP contribution in [0.4, 0.5) is 15.8 Å². The van der Waals surface area contributed by atoms with Crippen molar-refractivity contribution in [3.8, 4) is 0 Å². The Bertz CT molecular complexity index is 448. The van der Waals surface area contributed by atoms with E-state index in [-0.39, 0.29) is 18.1 Å². The number of nitrogens with zero attached hydrogens (tertiary/aromatic N) is 2. The number of anilines is 1. The van der Waals surface area contributed by atoms with Gasteiger partial charge in [-0.1, -0.05) is 0 Å². The first-order valence-corrected chi connectivity index (χ1v) is 4.80. The number of carbonyl (C=O) groups is 1. The summed E-state index contributed by atoms with van der Waals surface area (Å²) < 4.78 is 12.8. The molecule has 0 unspecified atom stereocenters. The van der Waals surface area contributed by atoms with Crippen LogP contribution in [0.2, 0.25) is 0 Å². The lowest BCUT2D eigenvalue weighted by molar-refractivity contribution is -0.384. The molecule has 0 bridgehead atoms. The zero-order chi connectivity index (χ0) is 13.0. The maximum absolute atomic E-state index is 12.8. The van der Waals surface area contributed by atoms with Gasteiger partial charge in [-0.15, -0.1) is 0 Å². The first kappa shape index (κ1) is 12.9. The highest BCUT2D eigenvalue weighted by atomic mass is 19.1. The molecule has 0 aliphatic rings. The van der Waals surface area contributed by atoms with Crippen LogP contribution >= 0.6 is 0 Å². The molecule has 1 aromatic carbocycles. The van der Waals surface area contributed by atoms with Gasteiger partial charge in [0.25, 0.3) is 5.69 Å². The van der Waals surface area contributed by atoms with Gasteiger partial charge in [-0.3, -0.25) is 14.9 Å². The Labute approximate surface area is 97.2 Å². The Kier molecular flexibility index (Phi) is 3.97. The number of likely N-dealkylation sites (N-methyl/N-ethyl adjacent to an activating group) is 1. The molecule has 0 saturated carbocycles. The summed E-state index contributed by atoms with van der Waals surface area (Å²) in [5.74, 6) is -0.926. The molecule has 6 nitrogen and oxygen atoms in total. The Balaban J connectivity index is 2.84.